The van der Waals surface area contributed by atoms with Crippen LogP contribution in [-0.4, -0.2) is 56.3 Å². The van der Waals surface area contributed by atoms with Crippen molar-refractivity contribution in [2.24, 2.45) is 0 Å². The minimum atomic E-state index is -0.751. The van der Waals surface area contributed by atoms with E-state index in [9.17, 15) is 9.90 Å². The maximum absolute atomic E-state index is 11.9. The van der Waals surface area contributed by atoms with Crippen molar-refractivity contribution in [1.82, 2.24) is 10.2 Å². The first-order valence-electron chi connectivity index (χ1n) is 8.44. The molecule has 6 nitrogen and oxygen atoms in total. The van der Waals surface area contributed by atoms with Crippen LogP contribution < -0.4 is 14.8 Å². The number of carbonyl (C=O) groups is 1. The van der Waals surface area contributed by atoms with Crippen molar-refractivity contribution in [3.8, 4) is 11.5 Å². The van der Waals surface area contributed by atoms with E-state index in [0.717, 1.165) is 19.6 Å². The van der Waals surface area contributed by atoms with Gasteiger partial charge in [-0.05, 0) is 31.6 Å². The van der Waals surface area contributed by atoms with E-state index in [1.165, 1.54) is 0 Å². The number of hydrogen-bond donors (Lipinski definition) is 2. The monoisotopic (exact) mass is 338 g/mol. The highest BCUT2D eigenvalue weighted by molar-refractivity contribution is 5.75. The molecule has 0 heterocycles. The predicted molar refractivity (Wildman–Crippen MR) is 94.5 cm³/mol. The maximum atomic E-state index is 11.9. The van der Waals surface area contributed by atoms with Gasteiger partial charge in [-0.2, -0.15) is 0 Å². The Morgan fingerprint density at radius 1 is 1.25 bits per heavy atom. The third-order valence-corrected chi connectivity index (χ3v) is 4.09. The summed E-state index contributed by atoms with van der Waals surface area (Å²) in [5, 5.41) is 13.2. The van der Waals surface area contributed by atoms with E-state index < -0.39 is 6.10 Å². The summed E-state index contributed by atoms with van der Waals surface area (Å²) in [5.74, 6) is 1.18. The molecule has 1 rings (SSSR count). The molecule has 0 saturated heterocycles. The lowest BCUT2D eigenvalue weighted by Crippen LogP contribution is -2.34. The Kier molecular flexibility index (Phi) is 9.19. The summed E-state index contributed by atoms with van der Waals surface area (Å²) in [7, 11) is 3.12. The van der Waals surface area contributed by atoms with E-state index in [0.29, 0.717) is 30.0 Å². The number of methoxy groups -OCH3 is 2. The molecule has 1 atom stereocenters. The Hall–Kier alpha value is -1.79. The molecule has 2 N–H and O–H groups in total. The summed E-state index contributed by atoms with van der Waals surface area (Å²) in [5.41, 5.74) is 0.661. The SMILES string of the molecule is CCN(CC)CCNC(=O)CCC(O)c1ccc(OC)cc1OC. The quantitative estimate of drug-likeness (QED) is 0.645. The van der Waals surface area contributed by atoms with Gasteiger partial charge < -0.3 is 24.8 Å². The summed E-state index contributed by atoms with van der Waals surface area (Å²) >= 11 is 0. The van der Waals surface area contributed by atoms with Gasteiger partial charge in [0.15, 0.2) is 0 Å². The van der Waals surface area contributed by atoms with Crippen LogP contribution in [0.3, 0.4) is 0 Å². The van der Waals surface area contributed by atoms with E-state index in [1.807, 2.05) is 0 Å². The van der Waals surface area contributed by atoms with E-state index in [2.05, 4.69) is 24.1 Å². The van der Waals surface area contributed by atoms with E-state index in [-0.39, 0.29) is 12.3 Å². The van der Waals surface area contributed by atoms with Gasteiger partial charge in [0.2, 0.25) is 5.91 Å². The molecule has 0 aliphatic rings. The summed E-state index contributed by atoms with van der Waals surface area (Å²) < 4.78 is 10.4. The number of rotatable bonds is 11. The number of benzene rings is 1. The number of aliphatic hydroxyl groups is 1. The number of aliphatic hydroxyl groups excluding tert-OH is 1. The number of nitrogens with zero attached hydrogens (tertiary/aromatic N) is 1. The van der Waals surface area contributed by atoms with Crippen LogP contribution in [0.25, 0.3) is 0 Å². The van der Waals surface area contributed by atoms with Crippen molar-refractivity contribution < 1.29 is 19.4 Å². The molecular formula is C18H30N2O4. The number of likely N-dealkylation sites (N-methyl/N-ethyl adjacent to an activating group) is 1. The molecule has 0 aliphatic carbocycles. The first-order chi connectivity index (χ1) is 11.5. The lowest BCUT2D eigenvalue weighted by Gasteiger charge is -2.18. The van der Waals surface area contributed by atoms with Crippen LogP contribution in [0.1, 0.15) is 38.4 Å². The molecular weight excluding hydrogens is 308 g/mol. The highest BCUT2D eigenvalue weighted by Gasteiger charge is 2.15. The zero-order chi connectivity index (χ0) is 17.9. The Morgan fingerprint density at radius 3 is 2.54 bits per heavy atom. The summed E-state index contributed by atoms with van der Waals surface area (Å²) in [4.78, 5) is 14.1. The lowest BCUT2D eigenvalue weighted by molar-refractivity contribution is -0.121. The van der Waals surface area contributed by atoms with E-state index in [1.54, 1.807) is 32.4 Å². The second-order valence-corrected chi connectivity index (χ2v) is 5.54. The van der Waals surface area contributed by atoms with Gasteiger partial charge in [0, 0.05) is 31.1 Å². The average molecular weight is 338 g/mol. The van der Waals surface area contributed by atoms with Crippen molar-refractivity contribution in [1.29, 1.82) is 0 Å². The molecule has 0 fully saturated rings. The van der Waals surface area contributed by atoms with Crippen LogP contribution in [-0.2, 0) is 4.79 Å². The number of carbonyl (C=O) groups excluding carboxylic acids is 1. The van der Waals surface area contributed by atoms with Crippen LogP contribution in [0.2, 0.25) is 0 Å². The molecule has 0 saturated carbocycles. The Morgan fingerprint density at radius 2 is 1.96 bits per heavy atom. The van der Waals surface area contributed by atoms with Gasteiger partial charge in [0.1, 0.15) is 11.5 Å². The van der Waals surface area contributed by atoms with Crippen molar-refractivity contribution >= 4 is 5.91 Å². The number of ether oxygens (including phenoxy) is 2. The molecule has 1 aromatic carbocycles. The molecule has 1 unspecified atom stereocenters. The lowest BCUT2D eigenvalue weighted by atomic mass is 10.0. The van der Waals surface area contributed by atoms with Gasteiger partial charge >= 0.3 is 0 Å². The molecule has 0 aromatic heterocycles. The largest absolute Gasteiger partial charge is 0.497 e. The first-order valence-corrected chi connectivity index (χ1v) is 8.44. The Balaban J connectivity index is 2.45. The molecule has 0 aliphatic heterocycles. The predicted octanol–water partition coefficient (Wildman–Crippen LogP) is 1.98. The fourth-order valence-corrected chi connectivity index (χ4v) is 2.50. The van der Waals surface area contributed by atoms with E-state index >= 15 is 0 Å². The second kappa shape index (κ2) is 10.9. The average Bonchev–Trinajstić information content (AvgIpc) is 2.62. The standard InChI is InChI=1S/C18H30N2O4/c1-5-20(6-2)12-11-19-18(22)10-9-16(21)15-8-7-14(23-3)13-17(15)24-4/h7-8,13,16,21H,5-6,9-12H2,1-4H3,(H,19,22). The summed E-state index contributed by atoms with van der Waals surface area (Å²) in [6, 6.07) is 5.26. The van der Waals surface area contributed by atoms with Gasteiger partial charge in [-0.25, -0.2) is 0 Å². The zero-order valence-corrected chi connectivity index (χ0v) is 15.2. The zero-order valence-electron chi connectivity index (χ0n) is 15.2. The Bertz CT molecular complexity index is 504. The van der Waals surface area contributed by atoms with Crippen LogP contribution in [0.5, 0.6) is 11.5 Å². The third kappa shape index (κ3) is 6.37. The smallest absolute Gasteiger partial charge is 0.220 e. The van der Waals surface area contributed by atoms with Gasteiger partial charge in [-0.3, -0.25) is 4.79 Å². The highest BCUT2D eigenvalue weighted by atomic mass is 16.5. The molecule has 24 heavy (non-hydrogen) atoms. The molecule has 0 radical (unpaired) electrons. The minimum absolute atomic E-state index is 0.0475. The van der Waals surface area contributed by atoms with Crippen LogP contribution in [0.4, 0.5) is 0 Å². The van der Waals surface area contributed by atoms with Crippen LogP contribution in [0, 0.1) is 0 Å². The van der Waals surface area contributed by atoms with Crippen molar-refractivity contribution in [2.75, 3.05) is 40.4 Å². The number of nitrogens with one attached hydrogen (secondary N) is 1. The molecule has 0 bridgehead atoms. The van der Waals surface area contributed by atoms with Gasteiger partial charge in [-0.1, -0.05) is 13.8 Å². The van der Waals surface area contributed by atoms with Crippen LogP contribution >= 0.6 is 0 Å². The fraction of sp³-hybridized carbons (Fsp3) is 0.611. The molecule has 136 valence electrons. The fourth-order valence-electron chi connectivity index (χ4n) is 2.50. The summed E-state index contributed by atoms with van der Waals surface area (Å²) in [6.45, 7) is 7.62. The van der Waals surface area contributed by atoms with Gasteiger partial charge in [-0.15, -0.1) is 0 Å². The van der Waals surface area contributed by atoms with Crippen molar-refractivity contribution in [3.05, 3.63) is 23.8 Å². The van der Waals surface area contributed by atoms with Crippen LogP contribution in [0.15, 0.2) is 18.2 Å². The van der Waals surface area contributed by atoms with Crippen molar-refractivity contribution in [3.63, 3.8) is 0 Å². The second-order valence-electron chi connectivity index (χ2n) is 5.54. The van der Waals surface area contributed by atoms with E-state index in [4.69, 9.17) is 9.47 Å². The molecule has 0 spiro atoms. The topological polar surface area (TPSA) is 71.0 Å². The summed E-state index contributed by atoms with van der Waals surface area (Å²) in [6.07, 6.45) is -0.131. The van der Waals surface area contributed by atoms with Gasteiger partial charge in [0.05, 0.1) is 20.3 Å². The molecule has 6 heteroatoms. The normalized spacial score (nSPS) is 12.1. The maximum Gasteiger partial charge on any atom is 0.220 e. The third-order valence-electron chi connectivity index (χ3n) is 4.09. The number of amides is 1. The van der Waals surface area contributed by atoms with Crippen molar-refractivity contribution in [2.45, 2.75) is 32.8 Å². The minimum Gasteiger partial charge on any atom is -0.497 e. The van der Waals surface area contributed by atoms with Gasteiger partial charge in [0.25, 0.3) is 0 Å². The molecule has 1 aromatic rings. The molecule has 1 amide bonds. The Labute approximate surface area is 144 Å². The number of hydrogen-bond acceptors (Lipinski definition) is 5. The highest BCUT2D eigenvalue weighted by Crippen LogP contribution is 2.31. The first kappa shape index (κ1) is 20.3.